The van der Waals surface area contributed by atoms with Crippen LogP contribution in [0, 0.1) is 5.82 Å². The molecule has 15 heavy (non-hydrogen) atoms. The average molecular weight is 205 g/mol. The van der Waals surface area contributed by atoms with Gasteiger partial charge in [0.25, 0.3) is 0 Å². The van der Waals surface area contributed by atoms with Gasteiger partial charge in [-0.05, 0) is 25.2 Å². The summed E-state index contributed by atoms with van der Waals surface area (Å²) in [7, 11) is 2.07. The first-order valence-electron chi connectivity index (χ1n) is 5.07. The summed E-state index contributed by atoms with van der Waals surface area (Å²) in [6, 6.07) is 4.78. The molecule has 0 radical (unpaired) electrons. The number of halogens is 1. The molecule has 2 heterocycles. The fraction of sp³-hybridized carbons (Fsp3) is 0.364. The van der Waals surface area contributed by atoms with Gasteiger partial charge in [0.1, 0.15) is 11.6 Å². The van der Waals surface area contributed by atoms with Crippen LogP contribution >= 0.6 is 0 Å². The second-order valence-corrected chi connectivity index (χ2v) is 4.05. The van der Waals surface area contributed by atoms with Crippen LogP contribution in [0.4, 0.5) is 4.39 Å². The lowest BCUT2D eigenvalue weighted by Crippen LogP contribution is -2.30. The maximum atomic E-state index is 13.1. The molecular formula is C11H12FN3. The smallest absolute Gasteiger partial charge is 0.125 e. The summed E-state index contributed by atoms with van der Waals surface area (Å²) in [6.45, 7) is 2.73. The molecule has 1 aromatic heterocycles. The van der Waals surface area contributed by atoms with E-state index >= 15 is 0 Å². The number of likely N-dealkylation sites (N-methyl/N-ethyl adjacent to an activating group) is 1. The van der Waals surface area contributed by atoms with Crippen molar-refractivity contribution < 1.29 is 4.39 Å². The highest BCUT2D eigenvalue weighted by molar-refractivity contribution is 5.76. The van der Waals surface area contributed by atoms with Gasteiger partial charge >= 0.3 is 0 Å². The fourth-order valence-corrected chi connectivity index (χ4v) is 2.11. The van der Waals surface area contributed by atoms with E-state index in [9.17, 15) is 4.39 Å². The molecule has 1 aromatic carbocycles. The Morgan fingerprint density at radius 1 is 1.33 bits per heavy atom. The molecule has 0 atom stereocenters. The molecule has 0 unspecified atom stereocenters. The first-order valence-corrected chi connectivity index (χ1v) is 5.07. The Hall–Kier alpha value is -1.42. The number of fused-ring (bicyclic) bond motifs is 3. The monoisotopic (exact) mass is 205 g/mol. The van der Waals surface area contributed by atoms with Gasteiger partial charge in [-0.25, -0.2) is 9.37 Å². The lowest BCUT2D eigenvalue weighted by atomic mass is 10.3. The molecule has 0 saturated carbocycles. The van der Waals surface area contributed by atoms with Crippen molar-refractivity contribution in [1.82, 2.24) is 14.5 Å². The Bertz CT molecular complexity index is 518. The van der Waals surface area contributed by atoms with E-state index in [4.69, 9.17) is 0 Å². The largest absolute Gasteiger partial charge is 0.326 e. The van der Waals surface area contributed by atoms with Gasteiger partial charge in [0, 0.05) is 13.1 Å². The van der Waals surface area contributed by atoms with Crippen molar-refractivity contribution in [2.75, 3.05) is 13.6 Å². The molecule has 1 aliphatic heterocycles. The van der Waals surface area contributed by atoms with Gasteiger partial charge in [-0.1, -0.05) is 0 Å². The van der Waals surface area contributed by atoms with Gasteiger partial charge in [0.05, 0.1) is 17.6 Å². The van der Waals surface area contributed by atoms with Gasteiger partial charge in [-0.3, -0.25) is 4.90 Å². The Labute approximate surface area is 87.1 Å². The number of hydrogen-bond acceptors (Lipinski definition) is 2. The van der Waals surface area contributed by atoms with E-state index < -0.39 is 0 Å². The number of nitrogens with zero attached hydrogens (tertiary/aromatic N) is 3. The minimum atomic E-state index is -0.191. The molecule has 2 aromatic rings. The zero-order valence-electron chi connectivity index (χ0n) is 8.57. The zero-order valence-corrected chi connectivity index (χ0v) is 8.57. The van der Waals surface area contributed by atoms with E-state index in [1.807, 2.05) is 0 Å². The lowest BCUT2D eigenvalue weighted by Gasteiger charge is -2.23. The summed E-state index contributed by atoms with van der Waals surface area (Å²) in [5, 5.41) is 0. The number of aromatic nitrogens is 2. The van der Waals surface area contributed by atoms with Gasteiger partial charge in [-0.2, -0.15) is 0 Å². The molecule has 78 valence electrons. The number of imidazole rings is 1. The summed E-state index contributed by atoms with van der Waals surface area (Å²) < 4.78 is 15.2. The third kappa shape index (κ3) is 1.33. The standard InChI is InChI=1S/C11H12FN3/c1-14-4-5-15-10-6-8(12)2-3-9(10)13-11(15)7-14/h2-3,6H,4-5,7H2,1H3. The number of benzene rings is 1. The molecule has 0 aliphatic carbocycles. The summed E-state index contributed by atoms with van der Waals surface area (Å²) in [5.74, 6) is 0.841. The highest BCUT2D eigenvalue weighted by Gasteiger charge is 2.17. The van der Waals surface area contributed by atoms with Crippen LogP contribution in [0.5, 0.6) is 0 Å². The number of hydrogen-bond donors (Lipinski definition) is 0. The minimum absolute atomic E-state index is 0.191. The second-order valence-electron chi connectivity index (χ2n) is 4.05. The SMILES string of the molecule is CN1CCn2c(nc3ccc(F)cc32)C1. The summed E-state index contributed by atoms with van der Waals surface area (Å²) in [5.41, 5.74) is 1.81. The van der Waals surface area contributed by atoms with E-state index in [1.165, 1.54) is 6.07 Å². The number of rotatable bonds is 0. The molecule has 4 heteroatoms. The van der Waals surface area contributed by atoms with Gasteiger partial charge in [0.15, 0.2) is 0 Å². The maximum Gasteiger partial charge on any atom is 0.125 e. The Morgan fingerprint density at radius 2 is 2.20 bits per heavy atom. The third-order valence-electron chi connectivity index (χ3n) is 2.91. The first-order chi connectivity index (χ1) is 7.24. The van der Waals surface area contributed by atoms with Crippen LogP contribution in [0.25, 0.3) is 11.0 Å². The van der Waals surface area contributed by atoms with Crippen LogP contribution in [0.2, 0.25) is 0 Å². The van der Waals surface area contributed by atoms with Crippen molar-refractivity contribution in [3.8, 4) is 0 Å². The average Bonchev–Trinajstić information content (AvgIpc) is 2.54. The molecule has 3 nitrogen and oxygen atoms in total. The van der Waals surface area contributed by atoms with Gasteiger partial charge in [-0.15, -0.1) is 0 Å². The van der Waals surface area contributed by atoms with E-state index in [0.29, 0.717) is 0 Å². The molecular weight excluding hydrogens is 193 g/mol. The molecule has 0 spiro atoms. The van der Waals surface area contributed by atoms with Gasteiger partial charge < -0.3 is 4.57 Å². The quantitative estimate of drug-likeness (QED) is 0.651. The first kappa shape index (κ1) is 8.85. The van der Waals surface area contributed by atoms with E-state index in [0.717, 1.165) is 36.5 Å². The summed E-state index contributed by atoms with van der Waals surface area (Å²) >= 11 is 0. The third-order valence-corrected chi connectivity index (χ3v) is 2.91. The molecule has 3 rings (SSSR count). The van der Waals surface area contributed by atoms with E-state index in [-0.39, 0.29) is 5.82 Å². The predicted molar refractivity (Wildman–Crippen MR) is 56.0 cm³/mol. The topological polar surface area (TPSA) is 21.1 Å². The van der Waals surface area contributed by atoms with Crippen molar-refractivity contribution in [2.24, 2.45) is 0 Å². The highest BCUT2D eigenvalue weighted by Crippen LogP contribution is 2.20. The van der Waals surface area contributed by atoms with Crippen LogP contribution < -0.4 is 0 Å². The van der Waals surface area contributed by atoms with Crippen molar-refractivity contribution in [3.05, 3.63) is 29.8 Å². The fourth-order valence-electron chi connectivity index (χ4n) is 2.11. The van der Waals surface area contributed by atoms with Crippen molar-refractivity contribution in [2.45, 2.75) is 13.1 Å². The zero-order chi connectivity index (χ0) is 10.4. The maximum absolute atomic E-state index is 13.1. The predicted octanol–water partition coefficient (Wildman–Crippen LogP) is 1.62. The minimum Gasteiger partial charge on any atom is -0.326 e. The molecule has 0 N–H and O–H groups in total. The van der Waals surface area contributed by atoms with E-state index in [2.05, 4.69) is 21.5 Å². The van der Waals surface area contributed by atoms with Crippen LogP contribution in [0.1, 0.15) is 5.82 Å². The Morgan fingerprint density at radius 3 is 3.07 bits per heavy atom. The molecule has 0 bridgehead atoms. The molecule has 0 fully saturated rings. The van der Waals surface area contributed by atoms with Crippen molar-refractivity contribution in [1.29, 1.82) is 0 Å². The Kier molecular flexibility index (Phi) is 1.79. The van der Waals surface area contributed by atoms with Gasteiger partial charge in [0.2, 0.25) is 0 Å². The van der Waals surface area contributed by atoms with Crippen LogP contribution in [0.3, 0.4) is 0 Å². The van der Waals surface area contributed by atoms with Crippen LogP contribution in [-0.4, -0.2) is 28.0 Å². The van der Waals surface area contributed by atoms with Crippen molar-refractivity contribution >= 4 is 11.0 Å². The summed E-state index contributed by atoms with van der Waals surface area (Å²) in [4.78, 5) is 6.72. The Balaban J connectivity index is 2.24. The van der Waals surface area contributed by atoms with Crippen molar-refractivity contribution in [3.63, 3.8) is 0 Å². The second kappa shape index (κ2) is 3.03. The molecule has 1 aliphatic rings. The van der Waals surface area contributed by atoms with Crippen LogP contribution in [0.15, 0.2) is 18.2 Å². The molecule has 0 saturated heterocycles. The molecule has 0 amide bonds. The van der Waals surface area contributed by atoms with Crippen LogP contribution in [-0.2, 0) is 13.1 Å². The highest BCUT2D eigenvalue weighted by atomic mass is 19.1. The normalized spacial score (nSPS) is 16.9. The van der Waals surface area contributed by atoms with E-state index in [1.54, 1.807) is 12.1 Å². The summed E-state index contributed by atoms with van der Waals surface area (Å²) in [6.07, 6.45) is 0. The lowest BCUT2D eigenvalue weighted by molar-refractivity contribution is 0.267.